The molecule has 2 aromatic heterocycles. The first kappa shape index (κ1) is 18.2. The Balaban J connectivity index is 1.53. The molecule has 4 rings (SSSR count). The fourth-order valence-electron chi connectivity index (χ4n) is 2.93. The highest BCUT2D eigenvalue weighted by Gasteiger charge is 2.14. The second-order valence-corrected chi connectivity index (χ2v) is 7.05. The zero-order valence-corrected chi connectivity index (χ0v) is 16.5. The van der Waals surface area contributed by atoms with Gasteiger partial charge in [-0.05, 0) is 36.6 Å². The van der Waals surface area contributed by atoms with Crippen LogP contribution in [0.25, 0.3) is 11.4 Å². The molecule has 0 fully saturated rings. The minimum atomic E-state index is 0.489. The third-order valence-electron chi connectivity index (χ3n) is 4.46. The third-order valence-corrected chi connectivity index (χ3v) is 5.05. The van der Waals surface area contributed by atoms with Crippen molar-refractivity contribution < 1.29 is 9.47 Å². The summed E-state index contributed by atoms with van der Waals surface area (Å²) in [6.45, 7) is 2.94. The topological polar surface area (TPSA) is 62.1 Å². The highest BCUT2D eigenvalue weighted by molar-refractivity contribution is 7.07. The van der Waals surface area contributed by atoms with E-state index in [2.05, 4.69) is 25.8 Å². The molecule has 0 spiro atoms. The summed E-state index contributed by atoms with van der Waals surface area (Å²) in [5, 5.41) is 0.489. The zero-order chi connectivity index (χ0) is 19.3. The van der Waals surface area contributed by atoms with Crippen LogP contribution in [0.15, 0.2) is 61.2 Å². The fourth-order valence-corrected chi connectivity index (χ4v) is 3.50. The largest absolute Gasteiger partial charge is 0.493 e. The van der Waals surface area contributed by atoms with Crippen molar-refractivity contribution in [1.29, 1.82) is 0 Å². The van der Waals surface area contributed by atoms with Crippen LogP contribution in [0.3, 0.4) is 0 Å². The number of aryl methyl sites for hydroxylation is 3. The standard InChI is InChI=1S/C21H20N4O2S/c1-15-12-19(18(26-2)13-17(15)8-10-25-11-9-22-14-25)27-21-23-20(24-28-21)16-6-4-3-5-7-16/h3-7,9,11-14H,8,10H2,1-2H3. The number of aromatic nitrogens is 4. The number of methoxy groups -OCH3 is 1. The van der Waals surface area contributed by atoms with Crippen LogP contribution >= 0.6 is 11.5 Å². The van der Waals surface area contributed by atoms with Crippen LogP contribution in [-0.2, 0) is 13.0 Å². The number of benzene rings is 2. The first-order chi connectivity index (χ1) is 13.7. The van der Waals surface area contributed by atoms with Crippen LogP contribution < -0.4 is 9.47 Å². The normalized spacial score (nSPS) is 10.8. The van der Waals surface area contributed by atoms with Crippen LogP contribution in [0.1, 0.15) is 11.1 Å². The van der Waals surface area contributed by atoms with Crippen molar-refractivity contribution in [3.05, 3.63) is 72.3 Å². The fraction of sp³-hybridized carbons (Fsp3) is 0.190. The highest BCUT2D eigenvalue weighted by Crippen LogP contribution is 2.36. The summed E-state index contributed by atoms with van der Waals surface area (Å²) in [4.78, 5) is 8.57. The predicted molar refractivity (Wildman–Crippen MR) is 109 cm³/mol. The Labute approximate surface area is 167 Å². The molecule has 0 N–H and O–H groups in total. The Kier molecular flexibility index (Phi) is 5.34. The molecule has 0 aliphatic rings. The van der Waals surface area contributed by atoms with E-state index in [9.17, 15) is 0 Å². The Bertz CT molecular complexity index is 1050. The summed E-state index contributed by atoms with van der Waals surface area (Å²) >= 11 is 1.23. The van der Waals surface area contributed by atoms with Gasteiger partial charge in [-0.25, -0.2) is 4.98 Å². The first-order valence-electron chi connectivity index (χ1n) is 8.93. The van der Waals surface area contributed by atoms with Crippen molar-refractivity contribution in [3.63, 3.8) is 0 Å². The molecule has 4 aromatic rings. The van der Waals surface area contributed by atoms with Gasteiger partial charge in [-0.3, -0.25) is 0 Å². The molecule has 7 heteroatoms. The lowest BCUT2D eigenvalue weighted by atomic mass is 10.0. The van der Waals surface area contributed by atoms with Crippen molar-refractivity contribution in [2.24, 2.45) is 0 Å². The molecule has 0 radical (unpaired) electrons. The molecule has 0 aliphatic heterocycles. The number of nitrogens with zero attached hydrogens (tertiary/aromatic N) is 4. The summed E-state index contributed by atoms with van der Waals surface area (Å²) in [6, 6.07) is 13.9. The van der Waals surface area contributed by atoms with E-state index in [4.69, 9.17) is 9.47 Å². The van der Waals surface area contributed by atoms with Gasteiger partial charge in [0.25, 0.3) is 5.19 Å². The Morgan fingerprint density at radius 2 is 1.96 bits per heavy atom. The number of hydrogen-bond donors (Lipinski definition) is 0. The third kappa shape index (κ3) is 4.04. The maximum Gasteiger partial charge on any atom is 0.299 e. The highest BCUT2D eigenvalue weighted by atomic mass is 32.1. The van der Waals surface area contributed by atoms with E-state index in [1.54, 1.807) is 13.3 Å². The quantitative estimate of drug-likeness (QED) is 0.454. The maximum atomic E-state index is 5.99. The summed E-state index contributed by atoms with van der Waals surface area (Å²) in [6.07, 6.45) is 6.46. The molecule has 28 heavy (non-hydrogen) atoms. The van der Waals surface area contributed by atoms with E-state index >= 15 is 0 Å². The second-order valence-electron chi connectivity index (χ2n) is 6.33. The predicted octanol–water partition coefficient (Wildman–Crippen LogP) is 4.75. The Morgan fingerprint density at radius 3 is 2.71 bits per heavy atom. The van der Waals surface area contributed by atoms with Gasteiger partial charge in [-0.15, -0.1) is 0 Å². The Morgan fingerprint density at radius 1 is 1.11 bits per heavy atom. The molecule has 0 amide bonds. The molecule has 142 valence electrons. The van der Waals surface area contributed by atoms with Gasteiger partial charge >= 0.3 is 0 Å². The molecular formula is C21H20N4O2S. The number of rotatable bonds is 7. The summed E-state index contributed by atoms with van der Waals surface area (Å²) in [5.74, 6) is 1.98. The van der Waals surface area contributed by atoms with E-state index in [-0.39, 0.29) is 0 Å². The van der Waals surface area contributed by atoms with Gasteiger partial charge in [-0.1, -0.05) is 30.3 Å². The monoisotopic (exact) mass is 392 g/mol. The summed E-state index contributed by atoms with van der Waals surface area (Å²) in [7, 11) is 1.65. The lowest BCUT2D eigenvalue weighted by Gasteiger charge is -2.13. The van der Waals surface area contributed by atoms with Crippen molar-refractivity contribution in [3.8, 4) is 28.1 Å². The minimum absolute atomic E-state index is 0.489. The van der Waals surface area contributed by atoms with Crippen molar-refractivity contribution in [1.82, 2.24) is 18.9 Å². The molecular weight excluding hydrogens is 372 g/mol. The van der Waals surface area contributed by atoms with Gasteiger partial charge in [0, 0.05) is 36.0 Å². The zero-order valence-electron chi connectivity index (χ0n) is 15.7. The van der Waals surface area contributed by atoms with Crippen LogP contribution in [0.2, 0.25) is 0 Å². The number of imidazole rings is 1. The van der Waals surface area contributed by atoms with Gasteiger partial charge in [-0.2, -0.15) is 9.36 Å². The number of ether oxygens (including phenoxy) is 2. The van der Waals surface area contributed by atoms with Gasteiger partial charge in [0.2, 0.25) is 0 Å². The average Bonchev–Trinajstić information content (AvgIpc) is 3.40. The Hall–Kier alpha value is -3.19. The van der Waals surface area contributed by atoms with Crippen LogP contribution in [0, 0.1) is 6.92 Å². The minimum Gasteiger partial charge on any atom is -0.493 e. The molecule has 6 nitrogen and oxygen atoms in total. The smallest absolute Gasteiger partial charge is 0.299 e. The van der Waals surface area contributed by atoms with Gasteiger partial charge in [0.05, 0.1) is 13.4 Å². The van der Waals surface area contributed by atoms with Crippen LogP contribution in [0.4, 0.5) is 0 Å². The SMILES string of the molecule is COc1cc(CCn2ccnc2)c(C)cc1Oc1nc(-c2ccccc2)ns1. The van der Waals surface area contributed by atoms with Crippen molar-refractivity contribution in [2.75, 3.05) is 7.11 Å². The van der Waals surface area contributed by atoms with Crippen molar-refractivity contribution >= 4 is 11.5 Å². The van der Waals surface area contributed by atoms with E-state index in [0.717, 1.165) is 24.1 Å². The lowest BCUT2D eigenvalue weighted by Crippen LogP contribution is -2.01. The molecule has 0 saturated heterocycles. The molecule has 2 heterocycles. The van der Waals surface area contributed by atoms with E-state index in [0.29, 0.717) is 22.5 Å². The second kappa shape index (κ2) is 8.22. The molecule has 0 bridgehead atoms. The first-order valence-corrected chi connectivity index (χ1v) is 9.70. The molecule has 0 unspecified atom stereocenters. The summed E-state index contributed by atoms with van der Waals surface area (Å²) < 4.78 is 18.0. The number of hydrogen-bond acceptors (Lipinski definition) is 6. The summed E-state index contributed by atoms with van der Waals surface area (Å²) in [5.41, 5.74) is 3.32. The van der Waals surface area contributed by atoms with E-state index < -0.39 is 0 Å². The average molecular weight is 392 g/mol. The maximum absolute atomic E-state index is 5.99. The molecule has 0 aliphatic carbocycles. The lowest BCUT2D eigenvalue weighted by molar-refractivity contribution is 0.377. The van der Waals surface area contributed by atoms with E-state index in [1.807, 2.05) is 55.0 Å². The van der Waals surface area contributed by atoms with Gasteiger partial charge in [0.15, 0.2) is 17.3 Å². The molecule has 0 saturated carbocycles. The van der Waals surface area contributed by atoms with Gasteiger partial charge in [0.1, 0.15) is 0 Å². The van der Waals surface area contributed by atoms with Crippen LogP contribution in [0.5, 0.6) is 16.7 Å². The van der Waals surface area contributed by atoms with Crippen molar-refractivity contribution in [2.45, 2.75) is 19.9 Å². The molecule has 2 aromatic carbocycles. The van der Waals surface area contributed by atoms with E-state index in [1.165, 1.54) is 17.1 Å². The van der Waals surface area contributed by atoms with Crippen LogP contribution in [-0.4, -0.2) is 26.0 Å². The van der Waals surface area contributed by atoms with Gasteiger partial charge < -0.3 is 14.0 Å². The molecule has 0 atom stereocenters.